The molecule has 2 aliphatic carbocycles. The van der Waals surface area contributed by atoms with Crippen LogP contribution in [0.5, 0.6) is 0 Å². The second-order valence-electron chi connectivity index (χ2n) is 10.5. The van der Waals surface area contributed by atoms with Crippen LogP contribution in [-0.2, 0) is 19.3 Å². The Morgan fingerprint density at radius 3 is 1.61 bits per heavy atom. The molecule has 0 aliphatic heterocycles. The molecule has 0 radical (unpaired) electrons. The van der Waals surface area contributed by atoms with Crippen molar-refractivity contribution in [1.29, 1.82) is 0 Å². The quantitative estimate of drug-likeness (QED) is 0.283. The number of hydrogen-bond donors (Lipinski definition) is 0. The van der Waals surface area contributed by atoms with Gasteiger partial charge in [0.15, 0.2) is 0 Å². The fourth-order valence-corrected chi connectivity index (χ4v) is 10.3. The molecule has 2 fully saturated rings. The van der Waals surface area contributed by atoms with Crippen LogP contribution in [-0.4, -0.2) is 11.3 Å². The van der Waals surface area contributed by atoms with Gasteiger partial charge in [-0.3, -0.25) is 0 Å². The lowest BCUT2D eigenvalue weighted by Crippen LogP contribution is -2.29. The number of benzene rings is 1. The molecular weight excluding hydrogens is 391 g/mol. The van der Waals surface area contributed by atoms with Gasteiger partial charge in [-0.25, -0.2) is 0 Å². The largest absolute Gasteiger partial charge is 0.0686 e. The highest BCUT2D eigenvalue weighted by atomic mass is 31.1. The van der Waals surface area contributed by atoms with Crippen LogP contribution in [0.1, 0.15) is 140 Å². The van der Waals surface area contributed by atoms with Crippen LogP contribution in [0.3, 0.4) is 0 Å². The topological polar surface area (TPSA) is 0 Å². The van der Waals surface area contributed by atoms with Crippen LogP contribution >= 0.6 is 7.92 Å². The number of unbranched alkanes of at least 4 members (excludes halogenated alkanes) is 3. The van der Waals surface area contributed by atoms with E-state index in [0.29, 0.717) is 0 Å². The predicted molar refractivity (Wildman–Crippen MR) is 143 cm³/mol. The van der Waals surface area contributed by atoms with Crippen LogP contribution in [0.4, 0.5) is 0 Å². The molecule has 0 N–H and O–H groups in total. The van der Waals surface area contributed by atoms with Gasteiger partial charge in [0, 0.05) is 0 Å². The zero-order valence-corrected chi connectivity index (χ0v) is 22.1. The van der Waals surface area contributed by atoms with E-state index < -0.39 is 0 Å². The highest BCUT2D eigenvalue weighted by molar-refractivity contribution is 7.67. The van der Waals surface area contributed by atoms with Gasteiger partial charge in [-0.2, -0.15) is 0 Å². The second kappa shape index (κ2) is 14.0. The first-order chi connectivity index (χ1) is 15.3. The van der Waals surface area contributed by atoms with Crippen molar-refractivity contribution in [3.05, 3.63) is 28.8 Å². The van der Waals surface area contributed by atoms with Crippen molar-refractivity contribution >= 4 is 13.2 Å². The van der Waals surface area contributed by atoms with E-state index in [-0.39, 0.29) is 7.92 Å². The van der Waals surface area contributed by atoms with Crippen LogP contribution in [0.15, 0.2) is 12.1 Å². The molecule has 1 aromatic carbocycles. The lowest BCUT2D eigenvalue weighted by molar-refractivity contribution is 0.487. The first kappa shape index (κ1) is 25.3. The molecular formula is C30H51P. The van der Waals surface area contributed by atoms with Gasteiger partial charge >= 0.3 is 0 Å². The molecule has 3 rings (SSSR count). The summed E-state index contributed by atoms with van der Waals surface area (Å²) in [6.07, 6.45) is 27.1. The monoisotopic (exact) mass is 442 g/mol. The molecule has 1 heteroatoms. The summed E-state index contributed by atoms with van der Waals surface area (Å²) in [6.45, 7) is 7.11. The van der Waals surface area contributed by atoms with Gasteiger partial charge in [0.25, 0.3) is 0 Å². The van der Waals surface area contributed by atoms with E-state index in [4.69, 9.17) is 0 Å². The molecule has 176 valence electrons. The summed E-state index contributed by atoms with van der Waals surface area (Å²) < 4.78 is 0. The Hall–Kier alpha value is -0.350. The van der Waals surface area contributed by atoms with Crippen LogP contribution in [0.2, 0.25) is 0 Å². The van der Waals surface area contributed by atoms with E-state index in [1.807, 2.05) is 16.4 Å². The summed E-state index contributed by atoms with van der Waals surface area (Å²) in [5.74, 6) is 0. The van der Waals surface area contributed by atoms with Gasteiger partial charge in [0.1, 0.15) is 0 Å². The van der Waals surface area contributed by atoms with E-state index in [0.717, 1.165) is 11.3 Å². The van der Waals surface area contributed by atoms with Gasteiger partial charge in [0.2, 0.25) is 0 Å². The zero-order chi connectivity index (χ0) is 21.9. The van der Waals surface area contributed by atoms with Crippen molar-refractivity contribution in [2.45, 2.75) is 154 Å². The average molecular weight is 443 g/mol. The molecule has 31 heavy (non-hydrogen) atoms. The number of aryl methyl sites for hydroxylation is 1. The molecule has 2 saturated carbocycles. The van der Waals surface area contributed by atoms with Crippen molar-refractivity contribution in [1.82, 2.24) is 0 Å². The van der Waals surface area contributed by atoms with Crippen LogP contribution < -0.4 is 5.30 Å². The summed E-state index contributed by atoms with van der Waals surface area (Å²) in [4.78, 5) is 0. The highest BCUT2D eigenvalue weighted by Gasteiger charge is 2.34. The van der Waals surface area contributed by atoms with Crippen molar-refractivity contribution in [2.24, 2.45) is 0 Å². The SMILES string of the molecule is CCCCc1ccc(P(C2CCCCC2)C2CCCCC2)c(CCCC)c1CCCC. The first-order valence-corrected chi connectivity index (χ1v) is 15.7. The Morgan fingerprint density at radius 2 is 1.10 bits per heavy atom. The van der Waals surface area contributed by atoms with E-state index in [2.05, 4.69) is 32.9 Å². The van der Waals surface area contributed by atoms with Gasteiger partial charge in [-0.05, 0) is 97.5 Å². The maximum Gasteiger partial charge on any atom is -0.0166 e. The van der Waals surface area contributed by atoms with Crippen molar-refractivity contribution in [3.8, 4) is 0 Å². The molecule has 0 saturated heterocycles. The number of rotatable bonds is 12. The van der Waals surface area contributed by atoms with Gasteiger partial charge < -0.3 is 0 Å². The van der Waals surface area contributed by atoms with E-state index in [1.54, 1.807) is 5.56 Å². The van der Waals surface area contributed by atoms with Crippen LogP contribution in [0.25, 0.3) is 0 Å². The molecule has 0 atom stereocenters. The normalized spacial score (nSPS) is 18.7. The minimum absolute atomic E-state index is 0.0141. The fourth-order valence-electron chi connectivity index (χ4n) is 6.28. The molecule has 0 heterocycles. The number of hydrogen-bond acceptors (Lipinski definition) is 0. The smallest absolute Gasteiger partial charge is 0.0166 e. The lowest BCUT2D eigenvalue weighted by Gasteiger charge is -2.40. The van der Waals surface area contributed by atoms with Crippen molar-refractivity contribution < 1.29 is 0 Å². The Labute approximate surface area is 196 Å². The minimum atomic E-state index is 0.0141. The summed E-state index contributed by atoms with van der Waals surface area (Å²) >= 11 is 0. The molecule has 0 nitrogen and oxygen atoms in total. The Kier molecular flexibility index (Phi) is 11.4. The third-order valence-electron chi connectivity index (χ3n) is 8.08. The molecule has 1 aromatic rings. The molecule has 0 bridgehead atoms. The van der Waals surface area contributed by atoms with Crippen molar-refractivity contribution in [3.63, 3.8) is 0 Å². The van der Waals surface area contributed by atoms with Gasteiger partial charge in [-0.15, -0.1) is 0 Å². The third-order valence-corrected chi connectivity index (χ3v) is 11.7. The third kappa shape index (κ3) is 7.06. The average Bonchev–Trinajstić information content (AvgIpc) is 2.82. The molecule has 0 aromatic heterocycles. The zero-order valence-electron chi connectivity index (χ0n) is 21.2. The summed E-state index contributed by atoms with van der Waals surface area (Å²) in [5, 5.41) is 1.90. The maximum absolute atomic E-state index is 2.69. The Bertz CT molecular complexity index is 604. The van der Waals surface area contributed by atoms with Gasteiger partial charge in [-0.1, -0.05) is 98.6 Å². The molecule has 2 aliphatic rings. The molecule has 0 unspecified atom stereocenters. The maximum atomic E-state index is 2.69. The van der Waals surface area contributed by atoms with Gasteiger partial charge in [0.05, 0.1) is 0 Å². The fraction of sp³-hybridized carbons (Fsp3) is 0.800. The first-order valence-electron chi connectivity index (χ1n) is 14.2. The van der Waals surface area contributed by atoms with Crippen molar-refractivity contribution in [2.75, 3.05) is 0 Å². The molecule has 0 amide bonds. The summed E-state index contributed by atoms with van der Waals surface area (Å²) in [6, 6.07) is 5.31. The Morgan fingerprint density at radius 1 is 0.613 bits per heavy atom. The van der Waals surface area contributed by atoms with Crippen LogP contribution in [0, 0.1) is 0 Å². The summed E-state index contributed by atoms with van der Waals surface area (Å²) in [7, 11) is 0.0141. The predicted octanol–water partition coefficient (Wildman–Crippen LogP) is 9.49. The molecule has 0 spiro atoms. The second-order valence-corrected chi connectivity index (χ2v) is 13.3. The lowest BCUT2D eigenvalue weighted by atomic mass is 9.91. The highest BCUT2D eigenvalue weighted by Crippen LogP contribution is 2.55. The minimum Gasteiger partial charge on any atom is -0.0686 e. The van der Waals surface area contributed by atoms with E-state index in [9.17, 15) is 0 Å². The summed E-state index contributed by atoms with van der Waals surface area (Å²) in [5.41, 5.74) is 7.44. The van der Waals surface area contributed by atoms with E-state index in [1.165, 1.54) is 122 Å². The van der Waals surface area contributed by atoms with E-state index >= 15 is 0 Å². The Balaban J connectivity index is 2.04. The standard InChI is InChI=1S/C30H51P/c1-4-7-16-25-23-24-30(29(22-9-6-3)28(25)21-8-5-2)31(26-17-12-10-13-18-26)27-19-14-11-15-20-27/h23-24,26-27H,4-22H2,1-3H3.